The molecule has 1 aliphatic rings. The third kappa shape index (κ3) is 3.36. The van der Waals surface area contributed by atoms with Crippen molar-refractivity contribution in [3.8, 4) is 10.6 Å². The summed E-state index contributed by atoms with van der Waals surface area (Å²) >= 11 is 6.54. The van der Waals surface area contributed by atoms with Gasteiger partial charge in [-0.1, -0.05) is 6.42 Å². The molecule has 4 nitrogen and oxygen atoms in total. The third-order valence-corrected chi connectivity index (χ3v) is 6.32. The minimum Gasteiger partial charge on any atom is -0.330 e. The van der Waals surface area contributed by atoms with Crippen LogP contribution in [-0.4, -0.2) is 17.4 Å². The SMILES string of the molecule is NC[C@H]1CCC[C@H]1C(=O)Nc1nc(-c2cc(Br)cs2)cs1. The summed E-state index contributed by atoms with van der Waals surface area (Å²) < 4.78 is 1.05. The molecule has 3 rings (SSSR count). The number of hydrogen-bond acceptors (Lipinski definition) is 5. The van der Waals surface area contributed by atoms with Crippen LogP contribution in [0.2, 0.25) is 0 Å². The van der Waals surface area contributed by atoms with Crippen molar-refractivity contribution in [1.82, 2.24) is 4.98 Å². The number of thiazole rings is 1. The van der Waals surface area contributed by atoms with Crippen LogP contribution >= 0.6 is 38.6 Å². The molecule has 2 heterocycles. The predicted octanol–water partition coefficient (Wildman–Crippen LogP) is 3.95. The number of carbonyl (C=O) groups excluding carboxylic acids is 1. The lowest BCUT2D eigenvalue weighted by molar-refractivity contribution is -0.120. The molecule has 0 bridgehead atoms. The van der Waals surface area contributed by atoms with E-state index in [1.165, 1.54) is 11.3 Å². The van der Waals surface area contributed by atoms with Crippen molar-refractivity contribution in [3.63, 3.8) is 0 Å². The molecule has 1 aliphatic carbocycles. The van der Waals surface area contributed by atoms with Crippen LogP contribution in [0.4, 0.5) is 5.13 Å². The molecule has 0 saturated heterocycles. The van der Waals surface area contributed by atoms with Crippen LogP contribution in [0.25, 0.3) is 10.6 Å². The van der Waals surface area contributed by atoms with Gasteiger partial charge in [0.15, 0.2) is 5.13 Å². The van der Waals surface area contributed by atoms with E-state index in [1.807, 2.05) is 16.8 Å². The van der Waals surface area contributed by atoms with Crippen LogP contribution in [0.3, 0.4) is 0 Å². The van der Waals surface area contributed by atoms with Crippen LogP contribution in [0.15, 0.2) is 21.3 Å². The van der Waals surface area contributed by atoms with Gasteiger partial charge in [0.25, 0.3) is 0 Å². The number of carbonyl (C=O) groups is 1. The topological polar surface area (TPSA) is 68.0 Å². The molecule has 1 saturated carbocycles. The third-order valence-electron chi connectivity index (χ3n) is 3.85. The lowest BCUT2D eigenvalue weighted by Gasteiger charge is -2.16. The van der Waals surface area contributed by atoms with Gasteiger partial charge in [-0.2, -0.15) is 0 Å². The van der Waals surface area contributed by atoms with Gasteiger partial charge in [-0.25, -0.2) is 4.98 Å². The monoisotopic (exact) mass is 385 g/mol. The first-order valence-corrected chi connectivity index (χ1v) is 9.43. The van der Waals surface area contributed by atoms with Gasteiger partial charge >= 0.3 is 0 Å². The van der Waals surface area contributed by atoms with Crippen molar-refractivity contribution in [2.24, 2.45) is 17.6 Å². The zero-order valence-corrected chi connectivity index (χ0v) is 14.6. The summed E-state index contributed by atoms with van der Waals surface area (Å²) in [7, 11) is 0. The zero-order valence-electron chi connectivity index (χ0n) is 11.3. The Labute approximate surface area is 139 Å². The van der Waals surface area contributed by atoms with Crippen LogP contribution in [0.1, 0.15) is 19.3 Å². The summed E-state index contributed by atoms with van der Waals surface area (Å²) in [5.41, 5.74) is 6.65. The van der Waals surface area contributed by atoms with Gasteiger partial charge in [-0.15, -0.1) is 22.7 Å². The lowest BCUT2D eigenvalue weighted by Crippen LogP contribution is -2.29. The summed E-state index contributed by atoms with van der Waals surface area (Å²) in [6, 6.07) is 2.03. The fourth-order valence-electron chi connectivity index (χ4n) is 2.75. The predicted molar refractivity (Wildman–Crippen MR) is 91.6 cm³/mol. The molecule has 7 heteroatoms. The van der Waals surface area contributed by atoms with E-state index >= 15 is 0 Å². The van der Waals surface area contributed by atoms with Gasteiger partial charge in [0.2, 0.25) is 5.91 Å². The maximum absolute atomic E-state index is 12.3. The molecular weight excluding hydrogens is 370 g/mol. The van der Waals surface area contributed by atoms with E-state index in [0.29, 0.717) is 17.6 Å². The average Bonchev–Trinajstić information content (AvgIpc) is 3.17. The van der Waals surface area contributed by atoms with Crippen molar-refractivity contribution >= 4 is 49.6 Å². The molecule has 0 aliphatic heterocycles. The van der Waals surface area contributed by atoms with Gasteiger partial charge in [0, 0.05) is 21.2 Å². The fraction of sp³-hybridized carbons (Fsp3) is 0.429. The van der Waals surface area contributed by atoms with Crippen LogP contribution < -0.4 is 11.1 Å². The molecular formula is C14H16BrN3OS2. The highest BCUT2D eigenvalue weighted by molar-refractivity contribution is 9.10. The summed E-state index contributed by atoms with van der Waals surface area (Å²) in [5, 5.41) is 7.62. The molecule has 0 aromatic carbocycles. The first-order valence-electron chi connectivity index (χ1n) is 6.88. The molecule has 21 heavy (non-hydrogen) atoms. The van der Waals surface area contributed by atoms with Crippen molar-refractivity contribution in [3.05, 3.63) is 21.3 Å². The normalized spacial score (nSPS) is 21.6. The summed E-state index contributed by atoms with van der Waals surface area (Å²) in [5.74, 6) is 0.423. The van der Waals surface area contributed by atoms with E-state index in [1.54, 1.807) is 11.3 Å². The highest BCUT2D eigenvalue weighted by Crippen LogP contribution is 2.34. The molecule has 112 valence electrons. The standard InChI is InChI=1S/C14H16BrN3OS2/c15-9-4-12(20-6-9)11-7-21-14(17-11)18-13(19)10-3-1-2-8(10)5-16/h4,6-8,10H,1-3,5,16H2,(H,17,18,19)/t8-,10-/m1/s1. The molecule has 2 aromatic rings. The number of thiophene rings is 1. The second kappa shape index (κ2) is 6.56. The number of nitrogens with two attached hydrogens (primary N) is 1. The maximum Gasteiger partial charge on any atom is 0.229 e. The number of halogens is 1. The van der Waals surface area contributed by atoms with Crippen molar-refractivity contribution < 1.29 is 4.79 Å². The zero-order chi connectivity index (χ0) is 14.8. The van der Waals surface area contributed by atoms with E-state index in [9.17, 15) is 4.79 Å². The molecule has 0 spiro atoms. The Kier molecular flexibility index (Phi) is 4.73. The first kappa shape index (κ1) is 15.1. The molecule has 1 amide bonds. The Morgan fingerprint density at radius 1 is 1.43 bits per heavy atom. The Morgan fingerprint density at radius 3 is 3.00 bits per heavy atom. The molecule has 0 radical (unpaired) electrons. The Bertz CT molecular complexity index is 640. The molecule has 2 atom stereocenters. The van der Waals surface area contributed by atoms with Crippen LogP contribution in [0, 0.1) is 11.8 Å². The Morgan fingerprint density at radius 2 is 2.29 bits per heavy atom. The molecule has 1 fully saturated rings. The number of aromatic nitrogens is 1. The summed E-state index contributed by atoms with van der Waals surface area (Å²) in [6.07, 6.45) is 3.08. The van der Waals surface area contributed by atoms with Gasteiger partial charge in [0.05, 0.1) is 10.6 Å². The highest BCUT2D eigenvalue weighted by atomic mass is 79.9. The second-order valence-corrected chi connectivity index (χ2v) is 7.87. The van der Waals surface area contributed by atoms with E-state index in [0.717, 1.165) is 34.3 Å². The van der Waals surface area contributed by atoms with Gasteiger partial charge in [-0.3, -0.25) is 4.79 Å². The van der Waals surface area contributed by atoms with Gasteiger partial charge in [0.1, 0.15) is 0 Å². The number of rotatable bonds is 4. The van der Waals surface area contributed by atoms with Gasteiger partial charge in [-0.05, 0) is 47.3 Å². The highest BCUT2D eigenvalue weighted by Gasteiger charge is 2.32. The van der Waals surface area contributed by atoms with E-state index in [2.05, 4.69) is 26.2 Å². The van der Waals surface area contributed by atoms with E-state index in [-0.39, 0.29) is 11.8 Å². The maximum atomic E-state index is 12.3. The minimum absolute atomic E-state index is 0.0400. The number of nitrogens with one attached hydrogen (secondary N) is 1. The van der Waals surface area contributed by atoms with E-state index < -0.39 is 0 Å². The molecule has 2 aromatic heterocycles. The fourth-order valence-corrected chi connectivity index (χ4v) is 4.93. The van der Waals surface area contributed by atoms with Crippen molar-refractivity contribution in [2.75, 3.05) is 11.9 Å². The number of anilines is 1. The Hall–Kier alpha value is -0.760. The van der Waals surface area contributed by atoms with Crippen LogP contribution in [-0.2, 0) is 4.79 Å². The average molecular weight is 386 g/mol. The summed E-state index contributed by atoms with van der Waals surface area (Å²) in [6.45, 7) is 0.588. The minimum atomic E-state index is 0.0400. The molecule has 0 unspecified atom stereocenters. The van der Waals surface area contributed by atoms with Crippen molar-refractivity contribution in [1.29, 1.82) is 0 Å². The number of hydrogen-bond donors (Lipinski definition) is 2. The second-order valence-electron chi connectivity index (χ2n) is 5.19. The Balaban J connectivity index is 1.68. The number of nitrogens with zero attached hydrogens (tertiary/aromatic N) is 1. The van der Waals surface area contributed by atoms with Gasteiger partial charge < -0.3 is 11.1 Å². The van der Waals surface area contributed by atoms with Crippen molar-refractivity contribution in [2.45, 2.75) is 19.3 Å². The quantitative estimate of drug-likeness (QED) is 0.836. The van der Waals surface area contributed by atoms with E-state index in [4.69, 9.17) is 5.73 Å². The van der Waals surface area contributed by atoms with Crippen LogP contribution in [0.5, 0.6) is 0 Å². The first-order chi connectivity index (χ1) is 10.2. The smallest absolute Gasteiger partial charge is 0.229 e. The molecule has 3 N–H and O–H groups in total. The largest absolute Gasteiger partial charge is 0.330 e. The summed E-state index contributed by atoms with van der Waals surface area (Å²) in [4.78, 5) is 17.9. The lowest BCUT2D eigenvalue weighted by atomic mass is 9.95. The number of amides is 1.